The molecule has 26 heavy (non-hydrogen) atoms. The molecule has 1 unspecified atom stereocenters. The fourth-order valence-electron chi connectivity index (χ4n) is 3.45. The van der Waals surface area contributed by atoms with Gasteiger partial charge in [0.2, 0.25) is 0 Å². The minimum absolute atomic E-state index is 0.0437. The highest BCUT2D eigenvalue weighted by Crippen LogP contribution is 2.41. The van der Waals surface area contributed by atoms with E-state index in [0.717, 1.165) is 19.4 Å². The number of rotatable bonds is 3. The lowest BCUT2D eigenvalue weighted by atomic mass is 9.92. The van der Waals surface area contributed by atoms with Crippen molar-refractivity contribution in [2.45, 2.75) is 39.0 Å². The molecule has 1 saturated heterocycles. The molecular formula is C19H23N5O2. The summed E-state index contributed by atoms with van der Waals surface area (Å²) in [6.07, 6.45) is 2.48. The number of aromatic nitrogens is 2. The van der Waals surface area contributed by atoms with E-state index in [2.05, 4.69) is 21.4 Å². The van der Waals surface area contributed by atoms with Crippen molar-refractivity contribution in [1.82, 2.24) is 15.3 Å². The highest BCUT2D eigenvalue weighted by molar-refractivity contribution is 5.76. The maximum atomic E-state index is 10.6. The standard InChI is InChI=1S/C19H23N5O2/c1-3-11-7-10(2)16(25)14(17(11)26)19-23-15(12-5-4-6-22-9-12)13(8-20)18(21)24-19/h7,12,22,25-26H,3-6,9H2,1-2H3,(H2,21,23,24). The van der Waals surface area contributed by atoms with Crippen molar-refractivity contribution in [3.05, 3.63) is 28.5 Å². The molecule has 7 heteroatoms. The van der Waals surface area contributed by atoms with Gasteiger partial charge < -0.3 is 21.3 Å². The summed E-state index contributed by atoms with van der Waals surface area (Å²) >= 11 is 0. The minimum atomic E-state index is -0.0727. The molecule has 1 fully saturated rings. The summed E-state index contributed by atoms with van der Waals surface area (Å²) in [7, 11) is 0. The SMILES string of the molecule is CCc1cc(C)c(O)c(-c2nc(N)c(C#N)c(C3CCCNC3)n2)c1O. The third kappa shape index (κ3) is 3.04. The zero-order valence-electron chi connectivity index (χ0n) is 15.0. The molecule has 0 spiro atoms. The van der Waals surface area contributed by atoms with Crippen LogP contribution in [0.5, 0.6) is 11.5 Å². The number of phenols is 2. The molecule has 1 aromatic heterocycles. The number of aromatic hydroxyl groups is 2. The number of anilines is 1. The topological polar surface area (TPSA) is 128 Å². The van der Waals surface area contributed by atoms with Gasteiger partial charge in [-0.15, -0.1) is 0 Å². The van der Waals surface area contributed by atoms with Gasteiger partial charge in [0.05, 0.1) is 5.69 Å². The quantitative estimate of drug-likeness (QED) is 0.666. The average Bonchev–Trinajstić information content (AvgIpc) is 2.65. The van der Waals surface area contributed by atoms with E-state index in [4.69, 9.17) is 5.73 Å². The second kappa shape index (κ2) is 7.18. The molecule has 0 saturated carbocycles. The van der Waals surface area contributed by atoms with E-state index in [9.17, 15) is 15.5 Å². The molecule has 0 amide bonds. The van der Waals surface area contributed by atoms with Crippen LogP contribution in [0.4, 0.5) is 5.82 Å². The Morgan fingerprint density at radius 2 is 2.12 bits per heavy atom. The first-order valence-corrected chi connectivity index (χ1v) is 8.80. The van der Waals surface area contributed by atoms with Gasteiger partial charge in [-0.1, -0.05) is 6.92 Å². The van der Waals surface area contributed by atoms with Gasteiger partial charge in [0.15, 0.2) is 5.82 Å². The number of hydrogen-bond acceptors (Lipinski definition) is 7. The van der Waals surface area contributed by atoms with Gasteiger partial charge in [0, 0.05) is 12.5 Å². The van der Waals surface area contributed by atoms with Gasteiger partial charge >= 0.3 is 0 Å². The molecule has 0 radical (unpaired) electrons. The molecule has 2 aromatic rings. The highest BCUT2D eigenvalue weighted by atomic mass is 16.3. The van der Waals surface area contributed by atoms with Crippen LogP contribution in [-0.2, 0) is 6.42 Å². The first-order chi connectivity index (χ1) is 12.5. The lowest BCUT2D eigenvalue weighted by Gasteiger charge is -2.24. The zero-order valence-corrected chi connectivity index (χ0v) is 15.0. The lowest BCUT2D eigenvalue weighted by Crippen LogP contribution is -2.29. The van der Waals surface area contributed by atoms with E-state index in [1.807, 2.05) is 6.92 Å². The molecule has 1 aromatic carbocycles. The predicted molar refractivity (Wildman–Crippen MR) is 98.9 cm³/mol. The van der Waals surface area contributed by atoms with Crippen LogP contribution >= 0.6 is 0 Å². The van der Waals surface area contributed by atoms with Crippen molar-refractivity contribution in [2.24, 2.45) is 0 Å². The predicted octanol–water partition coefficient (Wildman–Crippen LogP) is 2.35. The Hall–Kier alpha value is -2.85. The largest absolute Gasteiger partial charge is 0.507 e. The van der Waals surface area contributed by atoms with Crippen molar-refractivity contribution >= 4 is 5.82 Å². The van der Waals surface area contributed by atoms with Gasteiger partial charge in [-0.3, -0.25) is 0 Å². The Morgan fingerprint density at radius 1 is 1.35 bits per heavy atom. The fourth-order valence-corrected chi connectivity index (χ4v) is 3.45. The van der Waals surface area contributed by atoms with Gasteiger partial charge in [0.1, 0.15) is 34.5 Å². The Kier molecular flexibility index (Phi) is 4.96. The van der Waals surface area contributed by atoms with E-state index in [1.54, 1.807) is 13.0 Å². The third-order valence-corrected chi connectivity index (χ3v) is 4.91. The summed E-state index contributed by atoms with van der Waals surface area (Å²) in [5.74, 6) is 0.137. The fraction of sp³-hybridized carbons (Fsp3) is 0.421. The molecule has 7 nitrogen and oxygen atoms in total. The summed E-state index contributed by atoms with van der Waals surface area (Å²) in [4.78, 5) is 8.77. The molecule has 1 atom stereocenters. The number of nitrogens with one attached hydrogen (secondary N) is 1. The maximum absolute atomic E-state index is 10.6. The number of piperidine rings is 1. The average molecular weight is 353 g/mol. The van der Waals surface area contributed by atoms with Crippen LogP contribution in [0.25, 0.3) is 11.4 Å². The van der Waals surface area contributed by atoms with Crippen molar-refractivity contribution in [1.29, 1.82) is 5.26 Å². The number of nitrogens with two attached hydrogens (primary N) is 1. The van der Waals surface area contributed by atoms with Crippen LogP contribution in [-0.4, -0.2) is 33.3 Å². The molecule has 1 aliphatic rings. The van der Waals surface area contributed by atoms with Crippen LogP contribution in [0, 0.1) is 18.3 Å². The number of benzene rings is 1. The number of nitriles is 1. The van der Waals surface area contributed by atoms with Crippen molar-refractivity contribution in [2.75, 3.05) is 18.8 Å². The van der Waals surface area contributed by atoms with Crippen LogP contribution in [0.15, 0.2) is 6.07 Å². The first kappa shape index (κ1) is 18.0. The molecule has 0 aliphatic carbocycles. The third-order valence-electron chi connectivity index (χ3n) is 4.91. The van der Waals surface area contributed by atoms with Crippen LogP contribution in [0.2, 0.25) is 0 Å². The Balaban J connectivity index is 2.23. The summed E-state index contributed by atoms with van der Waals surface area (Å²) in [6, 6.07) is 3.84. The maximum Gasteiger partial charge on any atom is 0.169 e. The van der Waals surface area contributed by atoms with Crippen LogP contribution < -0.4 is 11.1 Å². The number of phenolic OH excluding ortho intramolecular Hbond substituents is 2. The van der Waals surface area contributed by atoms with Gasteiger partial charge in [-0.05, 0) is 49.9 Å². The van der Waals surface area contributed by atoms with Gasteiger partial charge in [-0.25, -0.2) is 9.97 Å². The van der Waals surface area contributed by atoms with E-state index < -0.39 is 0 Å². The summed E-state index contributed by atoms with van der Waals surface area (Å²) in [5, 5.41) is 33.9. The van der Waals surface area contributed by atoms with E-state index in [1.165, 1.54) is 0 Å². The molecule has 1 aliphatic heterocycles. The summed E-state index contributed by atoms with van der Waals surface area (Å²) < 4.78 is 0. The monoisotopic (exact) mass is 353 g/mol. The molecule has 136 valence electrons. The van der Waals surface area contributed by atoms with Gasteiger partial charge in [0.25, 0.3) is 0 Å². The van der Waals surface area contributed by atoms with E-state index in [-0.39, 0.29) is 40.2 Å². The first-order valence-electron chi connectivity index (χ1n) is 8.80. The van der Waals surface area contributed by atoms with E-state index >= 15 is 0 Å². The van der Waals surface area contributed by atoms with Crippen molar-refractivity contribution < 1.29 is 10.2 Å². The molecule has 3 rings (SSSR count). The van der Waals surface area contributed by atoms with E-state index in [0.29, 0.717) is 29.8 Å². The Morgan fingerprint density at radius 3 is 2.73 bits per heavy atom. The molecular weight excluding hydrogens is 330 g/mol. The number of nitrogen functional groups attached to an aromatic ring is 1. The Bertz CT molecular complexity index is 883. The van der Waals surface area contributed by atoms with Crippen LogP contribution in [0.3, 0.4) is 0 Å². The number of nitrogens with zero attached hydrogens (tertiary/aromatic N) is 3. The van der Waals surface area contributed by atoms with Crippen molar-refractivity contribution in [3.63, 3.8) is 0 Å². The second-order valence-electron chi connectivity index (χ2n) is 6.63. The Labute approximate surface area is 152 Å². The van der Waals surface area contributed by atoms with Crippen molar-refractivity contribution in [3.8, 4) is 29.0 Å². The summed E-state index contributed by atoms with van der Waals surface area (Å²) in [6.45, 7) is 5.32. The minimum Gasteiger partial charge on any atom is -0.507 e. The van der Waals surface area contributed by atoms with Crippen LogP contribution in [0.1, 0.15) is 48.1 Å². The molecule has 2 heterocycles. The zero-order chi connectivity index (χ0) is 18.8. The normalized spacial score (nSPS) is 17.0. The lowest BCUT2D eigenvalue weighted by molar-refractivity contribution is 0.445. The number of aryl methyl sites for hydroxylation is 2. The second-order valence-corrected chi connectivity index (χ2v) is 6.63. The summed E-state index contributed by atoms with van der Waals surface area (Å²) in [5.41, 5.74) is 8.36. The number of hydrogen-bond donors (Lipinski definition) is 4. The van der Waals surface area contributed by atoms with Gasteiger partial charge in [-0.2, -0.15) is 5.26 Å². The molecule has 0 bridgehead atoms. The smallest absolute Gasteiger partial charge is 0.169 e. The molecule has 5 N–H and O–H groups in total. The highest BCUT2D eigenvalue weighted by Gasteiger charge is 2.26.